The number of para-hydroxylation sites is 1. The Kier molecular flexibility index (Phi) is 6.57. The van der Waals surface area contributed by atoms with Crippen molar-refractivity contribution in [1.29, 1.82) is 0 Å². The molecule has 0 spiro atoms. The summed E-state index contributed by atoms with van der Waals surface area (Å²) >= 11 is 4.19. The summed E-state index contributed by atoms with van der Waals surface area (Å²) in [4.78, 5) is 17.4. The van der Waals surface area contributed by atoms with Crippen molar-refractivity contribution in [2.45, 2.75) is 32.4 Å². The van der Waals surface area contributed by atoms with E-state index in [4.69, 9.17) is 9.47 Å². The van der Waals surface area contributed by atoms with Crippen molar-refractivity contribution in [2.24, 2.45) is 0 Å². The minimum absolute atomic E-state index is 0.0217. The second kappa shape index (κ2) is 9.62. The summed E-state index contributed by atoms with van der Waals surface area (Å²) in [5, 5.41) is 3.23. The van der Waals surface area contributed by atoms with Gasteiger partial charge in [0.1, 0.15) is 0 Å². The van der Waals surface area contributed by atoms with Gasteiger partial charge in [-0.15, -0.1) is 11.3 Å². The molecule has 1 unspecified atom stereocenters. The first kappa shape index (κ1) is 23.2. The van der Waals surface area contributed by atoms with E-state index in [0.717, 1.165) is 41.4 Å². The number of fused-ring (bicyclic) bond motifs is 2. The number of ether oxygens (including phenoxy) is 2. The number of methoxy groups -OCH3 is 2. The van der Waals surface area contributed by atoms with Crippen LogP contribution in [-0.4, -0.2) is 36.1 Å². The van der Waals surface area contributed by atoms with E-state index in [-0.39, 0.29) is 11.9 Å². The number of aryl methyl sites for hydroxylation is 1. The molecule has 7 heteroatoms. The zero-order chi connectivity index (χ0) is 23.8. The highest BCUT2D eigenvalue weighted by atomic mass is 127. The monoisotopic (exact) mass is 586 g/mol. The zero-order valence-corrected chi connectivity index (χ0v) is 22.5. The molecule has 1 aliphatic rings. The van der Waals surface area contributed by atoms with Crippen molar-refractivity contribution >= 4 is 50.7 Å². The third-order valence-electron chi connectivity index (χ3n) is 6.65. The normalized spacial score (nSPS) is 15.4. The number of hydrogen-bond acceptors (Lipinski definition) is 4. The summed E-state index contributed by atoms with van der Waals surface area (Å²) in [5.41, 5.74) is 4.39. The van der Waals surface area contributed by atoms with E-state index in [0.29, 0.717) is 18.0 Å². The van der Waals surface area contributed by atoms with Gasteiger partial charge in [-0.25, -0.2) is 0 Å². The average Bonchev–Trinajstić information content (AvgIpc) is 3.44. The molecule has 34 heavy (non-hydrogen) atoms. The summed E-state index contributed by atoms with van der Waals surface area (Å²) in [6, 6.07) is 14.2. The fourth-order valence-electron chi connectivity index (χ4n) is 4.94. The predicted molar refractivity (Wildman–Crippen MR) is 145 cm³/mol. The molecule has 0 saturated carbocycles. The number of halogens is 1. The lowest BCUT2D eigenvalue weighted by molar-refractivity contribution is 0.0666. The quantitative estimate of drug-likeness (QED) is 0.248. The van der Waals surface area contributed by atoms with Gasteiger partial charge in [0.15, 0.2) is 11.5 Å². The van der Waals surface area contributed by atoms with Crippen molar-refractivity contribution in [2.75, 3.05) is 20.8 Å². The first-order chi connectivity index (χ1) is 16.5. The fourth-order valence-corrected chi connectivity index (χ4v) is 7.16. The molecule has 2 aromatic carbocycles. The lowest BCUT2D eigenvalue weighted by Crippen LogP contribution is -2.40. The van der Waals surface area contributed by atoms with Crippen LogP contribution in [0.2, 0.25) is 0 Å². The van der Waals surface area contributed by atoms with Gasteiger partial charge in [0.25, 0.3) is 5.91 Å². The number of carbonyl (C=O) groups excluding carboxylic acids is 1. The van der Waals surface area contributed by atoms with Crippen molar-refractivity contribution in [3.8, 4) is 11.5 Å². The van der Waals surface area contributed by atoms with E-state index in [1.165, 1.54) is 14.0 Å². The molecule has 0 aliphatic carbocycles. The molecule has 176 valence electrons. The van der Waals surface area contributed by atoms with Gasteiger partial charge in [-0.3, -0.25) is 4.79 Å². The molecule has 0 fully saturated rings. The molecule has 1 amide bonds. The minimum atomic E-state index is -0.0217. The molecule has 5 rings (SSSR count). The standard InChI is InChI=1S/C27H27IN2O3S/c1-4-29-15-20(18-7-5-6-8-22(18)29)27(31)30-12-11-19-21(28)16-34-26(19)23(30)13-17-9-10-24(32-2)25(14-17)33-3/h5-10,14-16,23H,4,11-13H2,1-3H3. The molecule has 4 aromatic rings. The van der Waals surface area contributed by atoms with E-state index >= 15 is 0 Å². The SMILES string of the molecule is CCn1cc(C(=O)N2CCc3c(I)csc3C2Cc2ccc(OC)c(OC)c2)c2ccccc21. The maximum absolute atomic E-state index is 14.1. The highest BCUT2D eigenvalue weighted by molar-refractivity contribution is 14.1. The van der Waals surface area contributed by atoms with Gasteiger partial charge in [-0.05, 0) is 71.7 Å². The third-order valence-corrected chi connectivity index (χ3v) is 9.17. The summed E-state index contributed by atoms with van der Waals surface area (Å²) < 4.78 is 14.4. The molecule has 0 N–H and O–H groups in total. The Morgan fingerprint density at radius 1 is 1.15 bits per heavy atom. The molecule has 0 bridgehead atoms. The summed E-state index contributed by atoms with van der Waals surface area (Å²) in [6.45, 7) is 3.65. The molecular formula is C27H27IN2O3S. The maximum atomic E-state index is 14.1. The first-order valence-corrected chi connectivity index (χ1v) is 13.4. The number of aromatic nitrogens is 1. The van der Waals surface area contributed by atoms with Gasteiger partial charge in [-0.2, -0.15) is 0 Å². The highest BCUT2D eigenvalue weighted by Gasteiger charge is 2.35. The van der Waals surface area contributed by atoms with Crippen molar-refractivity contribution in [1.82, 2.24) is 9.47 Å². The Labute approximate surface area is 217 Å². The molecule has 0 radical (unpaired) electrons. The smallest absolute Gasteiger partial charge is 0.256 e. The number of carbonyl (C=O) groups is 1. The van der Waals surface area contributed by atoms with Crippen LogP contribution in [0.3, 0.4) is 0 Å². The molecule has 1 atom stereocenters. The number of amides is 1. The van der Waals surface area contributed by atoms with Gasteiger partial charge in [0.05, 0.1) is 25.8 Å². The van der Waals surface area contributed by atoms with E-state index in [1.54, 1.807) is 25.6 Å². The Morgan fingerprint density at radius 3 is 2.71 bits per heavy atom. The Morgan fingerprint density at radius 2 is 1.94 bits per heavy atom. The minimum Gasteiger partial charge on any atom is -0.493 e. The fraction of sp³-hybridized carbons (Fsp3) is 0.296. The van der Waals surface area contributed by atoms with Gasteiger partial charge in [-0.1, -0.05) is 24.3 Å². The van der Waals surface area contributed by atoms with Crippen LogP contribution in [0.5, 0.6) is 11.5 Å². The number of thiophene rings is 1. The van der Waals surface area contributed by atoms with Crippen LogP contribution in [-0.2, 0) is 19.4 Å². The van der Waals surface area contributed by atoms with E-state index in [1.807, 2.05) is 30.5 Å². The molecule has 2 aromatic heterocycles. The van der Waals surface area contributed by atoms with Gasteiger partial charge in [0, 0.05) is 44.0 Å². The van der Waals surface area contributed by atoms with Crippen LogP contribution in [0.15, 0.2) is 54.0 Å². The molecule has 3 heterocycles. The molecule has 5 nitrogen and oxygen atoms in total. The average molecular weight is 586 g/mol. The van der Waals surface area contributed by atoms with Crippen molar-refractivity contribution < 1.29 is 14.3 Å². The van der Waals surface area contributed by atoms with Crippen LogP contribution in [0.4, 0.5) is 0 Å². The van der Waals surface area contributed by atoms with E-state index in [9.17, 15) is 4.79 Å². The Bertz CT molecular complexity index is 1360. The van der Waals surface area contributed by atoms with Crippen molar-refractivity contribution in [3.05, 3.63) is 79.2 Å². The highest BCUT2D eigenvalue weighted by Crippen LogP contribution is 2.41. The van der Waals surface area contributed by atoms with Gasteiger partial charge < -0.3 is 18.9 Å². The van der Waals surface area contributed by atoms with E-state index in [2.05, 4.69) is 62.6 Å². The van der Waals surface area contributed by atoms with Gasteiger partial charge in [0.2, 0.25) is 0 Å². The molecule has 1 aliphatic heterocycles. The second-order valence-corrected chi connectivity index (χ2v) is 10.5. The lowest BCUT2D eigenvalue weighted by Gasteiger charge is -2.36. The molecule has 0 saturated heterocycles. The number of benzene rings is 2. The third kappa shape index (κ3) is 3.98. The Hall–Kier alpha value is -2.52. The first-order valence-electron chi connectivity index (χ1n) is 11.4. The summed E-state index contributed by atoms with van der Waals surface area (Å²) in [6.07, 6.45) is 3.63. The van der Waals surface area contributed by atoms with Crippen LogP contribution in [0, 0.1) is 3.57 Å². The second-order valence-electron chi connectivity index (χ2n) is 8.43. The van der Waals surface area contributed by atoms with E-state index < -0.39 is 0 Å². The number of rotatable bonds is 6. The van der Waals surface area contributed by atoms with Crippen LogP contribution >= 0.6 is 33.9 Å². The largest absolute Gasteiger partial charge is 0.493 e. The number of hydrogen-bond donors (Lipinski definition) is 0. The molecular weight excluding hydrogens is 559 g/mol. The lowest BCUT2D eigenvalue weighted by atomic mass is 9.94. The topological polar surface area (TPSA) is 43.7 Å². The van der Waals surface area contributed by atoms with Crippen LogP contribution < -0.4 is 9.47 Å². The summed E-state index contributed by atoms with van der Waals surface area (Å²) in [7, 11) is 3.30. The summed E-state index contributed by atoms with van der Waals surface area (Å²) in [5.74, 6) is 1.52. The maximum Gasteiger partial charge on any atom is 0.256 e. The van der Waals surface area contributed by atoms with Crippen LogP contribution in [0.1, 0.15) is 39.3 Å². The number of nitrogens with zero attached hydrogens (tertiary/aromatic N) is 2. The van der Waals surface area contributed by atoms with Gasteiger partial charge >= 0.3 is 0 Å². The predicted octanol–water partition coefficient (Wildman–Crippen LogP) is 6.33. The zero-order valence-electron chi connectivity index (χ0n) is 19.5. The van der Waals surface area contributed by atoms with Crippen LogP contribution in [0.25, 0.3) is 10.9 Å². The Balaban J connectivity index is 1.56. The van der Waals surface area contributed by atoms with Crippen molar-refractivity contribution in [3.63, 3.8) is 0 Å².